The highest BCUT2D eigenvalue weighted by Crippen LogP contribution is 2.21. The Morgan fingerprint density at radius 1 is 1.15 bits per heavy atom. The van der Waals surface area contributed by atoms with E-state index >= 15 is 0 Å². The van der Waals surface area contributed by atoms with Crippen LogP contribution in [0.2, 0.25) is 0 Å². The van der Waals surface area contributed by atoms with Gasteiger partial charge in [0, 0.05) is 26.7 Å². The van der Waals surface area contributed by atoms with Gasteiger partial charge in [0.05, 0.1) is 5.69 Å². The summed E-state index contributed by atoms with van der Waals surface area (Å²) in [5.41, 5.74) is 3.64. The molecule has 0 unspecified atom stereocenters. The smallest absolute Gasteiger partial charge is 0.274 e. The van der Waals surface area contributed by atoms with Crippen LogP contribution < -0.4 is 0 Å². The first-order valence-corrected chi connectivity index (χ1v) is 9.53. The minimum atomic E-state index is -0.0316. The third kappa shape index (κ3) is 4.39. The largest absolute Gasteiger partial charge is 0.332 e. The van der Waals surface area contributed by atoms with E-state index in [0.29, 0.717) is 18.8 Å². The number of benzene rings is 1. The SMILES string of the molecule is CN(C)CCN(Cc1ccsc1)C(=O)c1cc(-c2ccccc2)n(C)n1. The molecular weight excluding hydrogens is 344 g/mol. The van der Waals surface area contributed by atoms with Gasteiger partial charge in [0.1, 0.15) is 0 Å². The van der Waals surface area contributed by atoms with Crippen LogP contribution in [-0.4, -0.2) is 52.7 Å². The molecule has 0 radical (unpaired) electrons. The number of carbonyl (C=O) groups excluding carboxylic acids is 1. The van der Waals surface area contributed by atoms with Crippen molar-refractivity contribution in [3.63, 3.8) is 0 Å². The summed E-state index contributed by atoms with van der Waals surface area (Å²) in [6, 6.07) is 14.0. The summed E-state index contributed by atoms with van der Waals surface area (Å²) < 4.78 is 1.78. The average Bonchev–Trinajstić information content (AvgIpc) is 3.28. The van der Waals surface area contributed by atoms with Crippen LogP contribution in [-0.2, 0) is 13.6 Å². The molecule has 0 N–H and O–H groups in total. The molecule has 0 fully saturated rings. The molecule has 0 aliphatic heterocycles. The van der Waals surface area contributed by atoms with Crippen molar-refractivity contribution < 1.29 is 4.79 Å². The Morgan fingerprint density at radius 3 is 2.58 bits per heavy atom. The molecule has 3 aromatic rings. The molecule has 1 aromatic carbocycles. The lowest BCUT2D eigenvalue weighted by Gasteiger charge is -2.23. The second-order valence-electron chi connectivity index (χ2n) is 6.57. The van der Waals surface area contributed by atoms with Crippen molar-refractivity contribution in [2.24, 2.45) is 7.05 Å². The molecular formula is C20H24N4OS. The number of rotatable bonds is 7. The predicted octanol–water partition coefficient (Wildman–Crippen LogP) is 3.35. The van der Waals surface area contributed by atoms with Gasteiger partial charge >= 0.3 is 0 Å². The molecule has 0 spiro atoms. The molecule has 0 bridgehead atoms. The number of aryl methyl sites for hydroxylation is 1. The first-order chi connectivity index (χ1) is 12.5. The number of thiophene rings is 1. The van der Waals surface area contributed by atoms with Crippen LogP contribution in [0, 0.1) is 0 Å². The fraction of sp³-hybridized carbons (Fsp3) is 0.300. The first kappa shape index (κ1) is 18.4. The highest BCUT2D eigenvalue weighted by molar-refractivity contribution is 7.07. The van der Waals surface area contributed by atoms with Crippen LogP contribution in [0.15, 0.2) is 53.2 Å². The highest BCUT2D eigenvalue weighted by Gasteiger charge is 2.21. The normalized spacial score (nSPS) is 11.1. The molecule has 0 saturated carbocycles. The van der Waals surface area contributed by atoms with E-state index in [-0.39, 0.29) is 5.91 Å². The number of hydrogen-bond acceptors (Lipinski definition) is 4. The lowest BCUT2D eigenvalue weighted by atomic mass is 10.1. The number of likely N-dealkylation sites (N-methyl/N-ethyl adjacent to an activating group) is 1. The third-order valence-corrected chi connectivity index (χ3v) is 4.96. The first-order valence-electron chi connectivity index (χ1n) is 8.59. The fourth-order valence-electron chi connectivity index (χ4n) is 2.79. The van der Waals surface area contributed by atoms with E-state index in [9.17, 15) is 4.79 Å². The van der Waals surface area contributed by atoms with Crippen LogP contribution in [0.25, 0.3) is 11.3 Å². The maximum atomic E-state index is 13.1. The molecule has 26 heavy (non-hydrogen) atoms. The number of aromatic nitrogens is 2. The van der Waals surface area contributed by atoms with E-state index in [2.05, 4.69) is 21.4 Å². The second kappa shape index (κ2) is 8.29. The van der Waals surface area contributed by atoms with E-state index in [1.165, 1.54) is 0 Å². The molecule has 2 heterocycles. The molecule has 3 rings (SSSR count). The van der Waals surface area contributed by atoms with Crippen LogP contribution in [0.3, 0.4) is 0 Å². The Morgan fingerprint density at radius 2 is 1.92 bits per heavy atom. The molecule has 5 nitrogen and oxygen atoms in total. The van der Waals surface area contributed by atoms with Crippen molar-refractivity contribution in [1.82, 2.24) is 19.6 Å². The van der Waals surface area contributed by atoms with Crippen molar-refractivity contribution in [3.8, 4) is 11.3 Å². The van der Waals surface area contributed by atoms with Gasteiger partial charge in [-0.05, 0) is 48.1 Å². The van der Waals surface area contributed by atoms with Gasteiger partial charge in [-0.3, -0.25) is 9.48 Å². The molecule has 0 atom stereocenters. The molecule has 0 aliphatic carbocycles. The molecule has 0 saturated heterocycles. The van der Waals surface area contributed by atoms with Gasteiger partial charge in [0.2, 0.25) is 0 Å². The summed E-state index contributed by atoms with van der Waals surface area (Å²) >= 11 is 1.65. The zero-order valence-electron chi connectivity index (χ0n) is 15.4. The van der Waals surface area contributed by atoms with Crippen LogP contribution in [0.4, 0.5) is 0 Å². The number of amides is 1. The van der Waals surface area contributed by atoms with E-state index in [1.807, 2.05) is 67.8 Å². The quantitative estimate of drug-likeness (QED) is 0.642. The van der Waals surface area contributed by atoms with E-state index in [0.717, 1.165) is 23.4 Å². The lowest BCUT2D eigenvalue weighted by molar-refractivity contribution is 0.0725. The zero-order valence-corrected chi connectivity index (χ0v) is 16.2. The van der Waals surface area contributed by atoms with Crippen molar-refractivity contribution in [2.75, 3.05) is 27.2 Å². The Labute approximate surface area is 158 Å². The number of carbonyl (C=O) groups is 1. The van der Waals surface area contributed by atoms with Crippen molar-refractivity contribution in [1.29, 1.82) is 0 Å². The van der Waals surface area contributed by atoms with Crippen LogP contribution in [0.5, 0.6) is 0 Å². The maximum absolute atomic E-state index is 13.1. The summed E-state index contributed by atoms with van der Waals surface area (Å²) in [6.07, 6.45) is 0. The minimum absolute atomic E-state index is 0.0316. The van der Waals surface area contributed by atoms with Crippen molar-refractivity contribution >= 4 is 17.2 Å². The van der Waals surface area contributed by atoms with E-state index in [4.69, 9.17) is 0 Å². The topological polar surface area (TPSA) is 41.4 Å². The Hall–Kier alpha value is -2.44. The van der Waals surface area contributed by atoms with Gasteiger partial charge in [-0.25, -0.2) is 0 Å². The summed E-state index contributed by atoms with van der Waals surface area (Å²) in [5, 5.41) is 8.61. The fourth-order valence-corrected chi connectivity index (χ4v) is 3.45. The minimum Gasteiger partial charge on any atom is -0.332 e. The maximum Gasteiger partial charge on any atom is 0.274 e. The van der Waals surface area contributed by atoms with E-state index in [1.54, 1.807) is 16.0 Å². The Bertz CT molecular complexity index is 840. The van der Waals surface area contributed by atoms with Gasteiger partial charge in [-0.1, -0.05) is 30.3 Å². The van der Waals surface area contributed by atoms with E-state index < -0.39 is 0 Å². The predicted molar refractivity (Wildman–Crippen MR) is 106 cm³/mol. The highest BCUT2D eigenvalue weighted by atomic mass is 32.1. The molecule has 6 heteroatoms. The number of nitrogens with zero attached hydrogens (tertiary/aromatic N) is 4. The van der Waals surface area contributed by atoms with Gasteiger partial charge < -0.3 is 9.80 Å². The average molecular weight is 369 g/mol. The summed E-state index contributed by atoms with van der Waals surface area (Å²) in [5.74, 6) is -0.0316. The Balaban J connectivity index is 1.84. The number of hydrogen-bond donors (Lipinski definition) is 0. The monoisotopic (exact) mass is 368 g/mol. The van der Waals surface area contributed by atoms with Gasteiger partial charge in [0.15, 0.2) is 5.69 Å². The summed E-state index contributed by atoms with van der Waals surface area (Å²) in [6.45, 7) is 2.08. The van der Waals surface area contributed by atoms with Crippen molar-refractivity contribution in [2.45, 2.75) is 6.54 Å². The lowest BCUT2D eigenvalue weighted by Crippen LogP contribution is -2.36. The van der Waals surface area contributed by atoms with Gasteiger partial charge in [-0.2, -0.15) is 16.4 Å². The standard InChI is InChI=1S/C20H24N4OS/c1-22(2)10-11-24(14-16-9-12-26-15-16)20(25)18-13-19(23(3)21-18)17-7-5-4-6-8-17/h4-9,12-13,15H,10-11,14H2,1-3H3. The Kier molecular flexibility index (Phi) is 5.85. The molecule has 0 aliphatic rings. The van der Waals surface area contributed by atoms with Crippen LogP contribution >= 0.6 is 11.3 Å². The van der Waals surface area contributed by atoms with Gasteiger partial charge in [-0.15, -0.1) is 0 Å². The van der Waals surface area contributed by atoms with Crippen LogP contribution in [0.1, 0.15) is 16.1 Å². The third-order valence-electron chi connectivity index (χ3n) is 4.23. The summed E-state index contributed by atoms with van der Waals surface area (Å²) in [7, 11) is 5.91. The molecule has 136 valence electrons. The van der Waals surface area contributed by atoms with Crippen molar-refractivity contribution in [3.05, 3.63) is 64.5 Å². The molecule has 2 aromatic heterocycles. The van der Waals surface area contributed by atoms with Gasteiger partial charge in [0.25, 0.3) is 5.91 Å². The zero-order chi connectivity index (χ0) is 18.5. The molecule has 1 amide bonds. The summed E-state index contributed by atoms with van der Waals surface area (Å²) in [4.78, 5) is 17.1. The second-order valence-corrected chi connectivity index (χ2v) is 7.35.